The zero-order chi connectivity index (χ0) is 20.4. The maximum absolute atomic E-state index is 14.5. The van der Waals surface area contributed by atoms with Crippen LogP contribution in [0.15, 0.2) is 64.5 Å². The van der Waals surface area contributed by atoms with Crippen LogP contribution >= 0.6 is 0 Å². The molecule has 0 bridgehead atoms. The molecule has 0 spiro atoms. The van der Waals surface area contributed by atoms with Gasteiger partial charge in [0.05, 0.1) is 12.8 Å². The van der Waals surface area contributed by atoms with Crippen LogP contribution in [0.3, 0.4) is 0 Å². The van der Waals surface area contributed by atoms with Gasteiger partial charge in [0.1, 0.15) is 23.8 Å². The number of aromatic nitrogens is 1. The number of amidine groups is 1. The third kappa shape index (κ3) is 3.95. The second kappa shape index (κ2) is 7.60. The van der Waals surface area contributed by atoms with Gasteiger partial charge in [-0.25, -0.2) is 9.37 Å². The Kier molecular flexibility index (Phi) is 4.98. The van der Waals surface area contributed by atoms with E-state index >= 15 is 0 Å². The number of carbonyl (C=O) groups is 1. The van der Waals surface area contributed by atoms with Gasteiger partial charge in [-0.05, 0) is 24.6 Å². The van der Waals surface area contributed by atoms with E-state index in [1.54, 1.807) is 37.4 Å². The van der Waals surface area contributed by atoms with Crippen molar-refractivity contribution < 1.29 is 18.3 Å². The molecular formula is C22H20FN3O3. The molecule has 2 aromatic carbocycles. The molecule has 3 aromatic rings. The van der Waals surface area contributed by atoms with Gasteiger partial charge in [-0.15, -0.1) is 0 Å². The number of hydrogen-bond donors (Lipinski definition) is 1. The maximum atomic E-state index is 14.5. The summed E-state index contributed by atoms with van der Waals surface area (Å²) < 4.78 is 25.2. The Morgan fingerprint density at radius 3 is 2.72 bits per heavy atom. The second-order valence-corrected chi connectivity index (χ2v) is 7.23. The van der Waals surface area contributed by atoms with Crippen molar-refractivity contribution in [3.8, 4) is 11.3 Å². The van der Waals surface area contributed by atoms with Crippen LogP contribution in [0.2, 0.25) is 0 Å². The highest BCUT2D eigenvalue weighted by Gasteiger charge is 2.32. The number of hydrogen-bond acceptors (Lipinski definition) is 6. The van der Waals surface area contributed by atoms with E-state index in [-0.39, 0.29) is 25.4 Å². The molecule has 2 heterocycles. The van der Waals surface area contributed by atoms with Crippen molar-refractivity contribution in [1.29, 1.82) is 0 Å². The van der Waals surface area contributed by atoms with E-state index in [4.69, 9.17) is 14.9 Å². The number of rotatable bonds is 5. The van der Waals surface area contributed by atoms with Gasteiger partial charge in [0.15, 0.2) is 17.9 Å². The first kappa shape index (κ1) is 19.0. The van der Waals surface area contributed by atoms with Gasteiger partial charge in [0.25, 0.3) is 0 Å². The lowest BCUT2D eigenvalue weighted by Crippen LogP contribution is -2.38. The minimum Gasteiger partial charge on any atom is -0.444 e. The Morgan fingerprint density at radius 2 is 2.03 bits per heavy atom. The summed E-state index contributed by atoms with van der Waals surface area (Å²) in [6.45, 7) is 2.23. The number of halogens is 1. The Labute approximate surface area is 167 Å². The minimum absolute atomic E-state index is 0.0697. The van der Waals surface area contributed by atoms with Gasteiger partial charge in [0.2, 0.25) is 0 Å². The summed E-state index contributed by atoms with van der Waals surface area (Å²) in [4.78, 5) is 21.0. The van der Waals surface area contributed by atoms with Crippen molar-refractivity contribution in [3.05, 3.63) is 77.6 Å². The molecule has 1 unspecified atom stereocenters. The predicted molar refractivity (Wildman–Crippen MR) is 106 cm³/mol. The summed E-state index contributed by atoms with van der Waals surface area (Å²) in [5.41, 5.74) is 7.33. The molecule has 0 aliphatic carbocycles. The number of Topliss-reactive ketones (excluding diaryl/α,β-unsaturated/α-hetero) is 1. The van der Waals surface area contributed by atoms with Crippen LogP contribution in [0.25, 0.3) is 11.3 Å². The summed E-state index contributed by atoms with van der Waals surface area (Å²) in [5.74, 6) is 0.489. The number of aliphatic imine (C=N–C) groups is 1. The maximum Gasteiger partial charge on any atom is 0.181 e. The van der Waals surface area contributed by atoms with Crippen LogP contribution in [0, 0.1) is 5.82 Å². The van der Waals surface area contributed by atoms with Crippen LogP contribution in [-0.4, -0.2) is 29.8 Å². The standard InChI is InChI=1S/C22H20FN3O3/c1-22(12-28-11-21(24)26-22)17-8-14(2-7-18(17)23)9-19(27)15-3-5-16(6-4-15)20-10-25-13-29-20/h2-8,10,13H,9,11-12H2,1H3,(H2,24,26). The van der Waals surface area contributed by atoms with E-state index in [9.17, 15) is 9.18 Å². The van der Waals surface area contributed by atoms with E-state index in [1.807, 2.05) is 12.1 Å². The fourth-order valence-corrected chi connectivity index (χ4v) is 3.44. The molecule has 1 aliphatic rings. The quantitative estimate of drug-likeness (QED) is 0.670. The molecule has 29 heavy (non-hydrogen) atoms. The molecule has 148 valence electrons. The predicted octanol–water partition coefficient (Wildman–Crippen LogP) is 3.51. The first-order chi connectivity index (χ1) is 13.9. The average Bonchev–Trinajstić information content (AvgIpc) is 3.24. The third-order valence-corrected chi connectivity index (χ3v) is 4.92. The number of ether oxygens (including phenoxy) is 1. The zero-order valence-corrected chi connectivity index (χ0v) is 15.9. The van der Waals surface area contributed by atoms with Crippen LogP contribution < -0.4 is 5.73 Å². The normalized spacial score (nSPS) is 19.0. The zero-order valence-electron chi connectivity index (χ0n) is 15.9. The number of carbonyl (C=O) groups excluding carboxylic acids is 1. The lowest BCUT2D eigenvalue weighted by atomic mass is 9.89. The summed E-state index contributed by atoms with van der Waals surface area (Å²) in [6, 6.07) is 11.7. The Balaban J connectivity index is 1.55. The van der Waals surface area contributed by atoms with Crippen LogP contribution in [-0.2, 0) is 16.7 Å². The monoisotopic (exact) mass is 393 g/mol. The van der Waals surface area contributed by atoms with E-state index in [0.29, 0.717) is 28.3 Å². The average molecular weight is 393 g/mol. The first-order valence-corrected chi connectivity index (χ1v) is 9.17. The molecule has 0 radical (unpaired) electrons. The van der Waals surface area contributed by atoms with Crippen molar-refractivity contribution >= 4 is 11.6 Å². The summed E-state index contributed by atoms with van der Waals surface area (Å²) in [5, 5.41) is 0. The van der Waals surface area contributed by atoms with E-state index in [1.165, 1.54) is 12.5 Å². The molecule has 1 atom stereocenters. The fourth-order valence-electron chi connectivity index (χ4n) is 3.44. The SMILES string of the molecule is CC1(c2cc(CC(=O)c3ccc(-c4cnco4)cc3)ccc2F)COCC(N)=N1. The minimum atomic E-state index is -0.913. The van der Waals surface area contributed by atoms with Gasteiger partial charge in [0, 0.05) is 23.1 Å². The molecule has 2 N–H and O–H groups in total. The highest BCUT2D eigenvalue weighted by molar-refractivity contribution is 5.97. The first-order valence-electron chi connectivity index (χ1n) is 9.17. The Hall–Kier alpha value is -3.32. The molecule has 1 aliphatic heterocycles. The summed E-state index contributed by atoms with van der Waals surface area (Å²) >= 11 is 0. The van der Waals surface area contributed by atoms with E-state index in [2.05, 4.69) is 9.98 Å². The van der Waals surface area contributed by atoms with Gasteiger partial charge in [-0.3, -0.25) is 9.79 Å². The molecule has 0 fully saturated rings. The summed E-state index contributed by atoms with van der Waals surface area (Å²) in [7, 11) is 0. The molecule has 7 heteroatoms. The van der Waals surface area contributed by atoms with Gasteiger partial charge >= 0.3 is 0 Å². The van der Waals surface area contributed by atoms with Crippen LogP contribution in [0.4, 0.5) is 4.39 Å². The van der Waals surface area contributed by atoms with Gasteiger partial charge in [-0.2, -0.15) is 0 Å². The molecular weight excluding hydrogens is 373 g/mol. The number of oxazole rings is 1. The number of nitrogens with two attached hydrogens (primary N) is 1. The van der Waals surface area contributed by atoms with Crippen molar-refractivity contribution in [2.75, 3.05) is 13.2 Å². The lowest BCUT2D eigenvalue weighted by molar-refractivity contribution is 0.0991. The number of ketones is 1. The van der Waals surface area contributed by atoms with Crippen molar-refractivity contribution in [2.45, 2.75) is 18.9 Å². The largest absolute Gasteiger partial charge is 0.444 e. The number of nitrogens with zero attached hydrogens (tertiary/aromatic N) is 2. The topological polar surface area (TPSA) is 90.7 Å². The number of benzene rings is 2. The third-order valence-electron chi connectivity index (χ3n) is 4.92. The highest BCUT2D eigenvalue weighted by atomic mass is 19.1. The van der Waals surface area contributed by atoms with Crippen molar-refractivity contribution in [1.82, 2.24) is 4.98 Å². The Morgan fingerprint density at radius 1 is 1.24 bits per heavy atom. The van der Waals surface area contributed by atoms with Gasteiger partial charge in [-0.1, -0.05) is 30.3 Å². The van der Waals surface area contributed by atoms with Crippen LogP contribution in [0.5, 0.6) is 0 Å². The molecule has 4 rings (SSSR count). The van der Waals surface area contributed by atoms with E-state index < -0.39 is 11.4 Å². The molecule has 1 aromatic heterocycles. The summed E-state index contributed by atoms with van der Waals surface area (Å²) in [6.07, 6.45) is 3.11. The molecule has 0 amide bonds. The molecule has 0 saturated heterocycles. The van der Waals surface area contributed by atoms with Gasteiger partial charge < -0.3 is 14.9 Å². The fraction of sp³-hybridized carbons (Fsp3) is 0.227. The van der Waals surface area contributed by atoms with Crippen molar-refractivity contribution in [2.24, 2.45) is 10.7 Å². The van der Waals surface area contributed by atoms with Crippen molar-refractivity contribution in [3.63, 3.8) is 0 Å². The molecule has 0 saturated carbocycles. The smallest absolute Gasteiger partial charge is 0.181 e. The Bertz CT molecular complexity index is 1060. The lowest BCUT2D eigenvalue weighted by Gasteiger charge is -2.30. The highest BCUT2D eigenvalue weighted by Crippen LogP contribution is 2.31. The van der Waals surface area contributed by atoms with E-state index in [0.717, 1.165) is 5.56 Å². The second-order valence-electron chi connectivity index (χ2n) is 7.23. The molecule has 6 nitrogen and oxygen atoms in total. The van der Waals surface area contributed by atoms with Crippen LogP contribution in [0.1, 0.15) is 28.4 Å².